The van der Waals surface area contributed by atoms with Gasteiger partial charge in [-0.25, -0.2) is 0 Å². The molecule has 0 spiro atoms. The van der Waals surface area contributed by atoms with Crippen molar-refractivity contribution in [2.45, 2.75) is 65.2 Å². The molecule has 30 heavy (non-hydrogen) atoms. The maximum Gasteiger partial charge on any atom is 0.260 e. The summed E-state index contributed by atoms with van der Waals surface area (Å²) in [6, 6.07) is 15.2. The van der Waals surface area contributed by atoms with E-state index in [1.165, 1.54) is 4.90 Å². The second-order valence-corrected chi connectivity index (χ2v) is 7.78. The molecule has 2 aromatic rings. The lowest BCUT2D eigenvalue weighted by Crippen LogP contribution is -2.37. The van der Waals surface area contributed by atoms with Crippen LogP contribution in [0.15, 0.2) is 48.5 Å². The highest BCUT2D eigenvalue weighted by Gasteiger charge is 2.24. The average molecular weight is 409 g/mol. The van der Waals surface area contributed by atoms with Crippen molar-refractivity contribution in [3.8, 4) is 0 Å². The van der Waals surface area contributed by atoms with Crippen molar-refractivity contribution in [2.75, 3.05) is 13.1 Å². The molecule has 2 aromatic carbocycles. The first-order valence-corrected chi connectivity index (χ1v) is 11.3. The van der Waals surface area contributed by atoms with Crippen molar-refractivity contribution in [2.24, 2.45) is 5.73 Å². The molecule has 0 aliphatic carbocycles. The Morgan fingerprint density at radius 3 is 1.67 bits per heavy atom. The predicted molar refractivity (Wildman–Crippen MR) is 124 cm³/mol. The Kier molecular flexibility index (Phi) is 10.3. The average Bonchev–Trinajstić information content (AvgIpc) is 2.80. The van der Waals surface area contributed by atoms with E-state index in [0.717, 1.165) is 69.0 Å². The van der Waals surface area contributed by atoms with Crippen LogP contribution >= 0.6 is 0 Å². The van der Waals surface area contributed by atoms with Crippen LogP contribution in [-0.2, 0) is 12.8 Å². The van der Waals surface area contributed by atoms with Crippen LogP contribution in [0.4, 0.5) is 0 Å². The number of carbonyl (C=O) groups excluding carboxylic acids is 2. The Labute approximate surface area is 181 Å². The van der Waals surface area contributed by atoms with Gasteiger partial charge in [-0.05, 0) is 67.6 Å². The van der Waals surface area contributed by atoms with Gasteiger partial charge in [0.25, 0.3) is 11.8 Å². The zero-order valence-electron chi connectivity index (χ0n) is 18.5. The predicted octanol–water partition coefficient (Wildman–Crippen LogP) is 5.39. The minimum atomic E-state index is -0.208. The molecule has 0 heterocycles. The molecule has 4 nitrogen and oxygen atoms in total. The normalized spacial score (nSPS) is 10.8. The molecule has 0 atom stereocenters. The van der Waals surface area contributed by atoms with Gasteiger partial charge in [-0.2, -0.15) is 0 Å². The third-order valence-electron chi connectivity index (χ3n) is 5.49. The Morgan fingerprint density at radius 2 is 1.20 bits per heavy atom. The molecule has 0 saturated heterocycles. The summed E-state index contributed by atoms with van der Waals surface area (Å²) in [5.74, 6) is -0.416. The fraction of sp³-hybridized carbons (Fsp3) is 0.462. The summed E-state index contributed by atoms with van der Waals surface area (Å²) < 4.78 is 0. The van der Waals surface area contributed by atoms with Gasteiger partial charge in [0.05, 0.1) is 0 Å². The lowest BCUT2D eigenvalue weighted by molar-refractivity contribution is 0.0613. The van der Waals surface area contributed by atoms with Crippen LogP contribution < -0.4 is 5.73 Å². The van der Waals surface area contributed by atoms with Crippen LogP contribution in [0, 0.1) is 0 Å². The van der Waals surface area contributed by atoms with E-state index >= 15 is 0 Å². The Bertz CT molecular complexity index is 757. The molecule has 0 unspecified atom stereocenters. The van der Waals surface area contributed by atoms with Gasteiger partial charge < -0.3 is 5.73 Å². The first-order chi connectivity index (χ1) is 14.6. The van der Waals surface area contributed by atoms with Crippen molar-refractivity contribution in [1.29, 1.82) is 0 Å². The fourth-order valence-electron chi connectivity index (χ4n) is 3.58. The second kappa shape index (κ2) is 13.0. The molecule has 2 amide bonds. The van der Waals surface area contributed by atoms with E-state index in [2.05, 4.69) is 13.8 Å². The van der Waals surface area contributed by atoms with Crippen molar-refractivity contribution in [3.05, 3.63) is 70.8 Å². The number of hydrogen-bond acceptors (Lipinski definition) is 3. The molecule has 162 valence electrons. The highest BCUT2D eigenvalue weighted by Crippen LogP contribution is 2.16. The lowest BCUT2D eigenvalue weighted by Gasteiger charge is -2.22. The van der Waals surface area contributed by atoms with Gasteiger partial charge in [-0.1, -0.05) is 63.8 Å². The third kappa shape index (κ3) is 7.10. The molecule has 2 N–H and O–H groups in total. The maximum absolute atomic E-state index is 13.3. The first kappa shape index (κ1) is 23.8. The number of carbonyl (C=O) groups is 2. The fourth-order valence-corrected chi connectivity index (χ4v) is 3.58. The van der Waals surface area contributed by atoms with E-state index in [0.29, 0.717) is 17.7 Å². The summed E-state index contributed by atoms with van der Waals surface area (Å²) in [6.07, 6.45) is 8.00. The summed E-state index contributed by atoms with van der Waals surface area (Å²) in [5.41, 5.74) is 8.90. The van der Waals surface area contributed by atoms with Crippen molar-refractivity contribution in [1.82, 2.24) is 4.90 Å². The number of imide groups is 1. The smallest absolute Gasteiger partial charge is 0.260 e. The van der Waals surface area contributed by atoms with Gasteiger partial charge >= 0.3 is 0 Å². The Balaban J connectivity index is 2.14. The number of nitrogens with two attached hydrogens (primary N) is 1. The number of amides is 2. The van der Waals surface area contributed by atoms with E-state index in [4.69, 9.17) is 5.73 Å². The first-order valence-electron chi connectivity index (χ1n) is 11.3. The van der Waals surface area contributed by atoms with E-state index in [9.17, 15) is 9.59 Å². The summed E-state index contributed by atoms with van der Waals surface area (Å²) in [6.45, 7) is 5.31. The largest absolute Gasteiger partial charge is 0.330 e. The lowest BCUT2D eigenvalue weighted by atomic mass is 10.0. The summed E-state index contributed by atoms with van der Waals surface area (Å²) >= 11 is 0. The van der Waals surface area contributed by atoms with Gasteiger partial charge in [0, 0.05) is 17.7 Å². The molecule has 0 fully saturated rings. The number of unbranched alkanes of at least 4 members (excludes halogenated alkanes) is 5. The molecule has 0 bridgehead atoms. The molecular weight excluding hydrogens is 372 g/mol. The van der Waals surface area contributed by atoms with E-state index < -0.39 is 0 Å². The van der Waals surface area contributed by atoms with Crippen LogP contribution in [0.25, 0.3) is 0 Å². The van der Waals surface area contributed by atoms with Crippen molar-refractivity contribution < 1.29 is 9.59 Å². The van der Waals surface area contributed by atoms with Crippen LogP contribution in [0.2, 0.25) is 0 Å². The minimum absolute atomic E-state index is 0.208. The molecule has 4 heteroatoms. The highest BCUT2D eigenvalue weighted by atomic mass is 16.2. The number of aryl methyl sites for hydroxylation is 2. The van der Waals surface area contributed by atoms with E-state index in [-0.39, 0.29) is 11.8 Å². The van der Waals surface area contributed by atoms with Crippen molar-refractivity contribution in [3.63, 3.8) is 0 Å². The summed E-state index contributed by atoms with van der Waals surface area (Å²) in [7, 11) is 0. The van der Waals surface area contributed by atoms with Gasteiger partial charge in [0.15, 0.2) is 0 Å². The van der Waals surface area contributed by atoms with Gasteiger partial charge in [-0.15, -0.1) is 0 Å². The number of hydrogen-bond donors (Lipinski definition) is 1. The molecular formula is C26H36N2O2. The van der Waals surface area contributed by atoms with E-state index in [1.807, 2.05) is 36.4 Å². The zero-order valence-corrected chi connectivity index (χ0v) is 18.5. The molecule has 0 radical (unpaired) electrons. The van der Waals surface area contributed by atoms with E-state index in [1.54, 1.807) is 12.1 Å². The SMILES string of the molecule is CCc1cccc(C(=O)N(CCCCCCCCN)C(=O)c2cccc(CC)c2)c1. The number of nitrogens with zero attached hydrogens (tertiary/aromatic N) is 1. The monoisotopic (exact) mass is 408 g/mol. The minimum Gasteiger partial charge on any atom is -0.330 e. The molecule has 0 saturated carbocycles. The Hall–Kier alpha value is -2.46. The van der Waals surface area contributed by atoms with Crippen molar-refractivity contribution >= 4 is 11.8 Å². The summed E-state index contributed by atoms with van der Waals surface area (Å²) in [4.78, 5) is 28.0. The van der Waals surface area contributed by atoms with Crippen LogP contribution in [-0.4, -0.2) is 29.8 Å². The number of benzene rings is 2. The topological polar surface area (TPSA) is 63.4 Å². The van der Waals surface area contributed by atoms with Crippen LogP contribution in [0.5, 0.6) is 0 Å². The molecule has 2 rings (SSSR count). The van der Waals surface area contributed by atoms with Crippen LogP contribution in [0.1, 0.15) is 84.2 Å². The van der Waals surface area contributed by atoms with Gasteiger partial charge in [0.1, 0.15) is 0 Å². The van der Waals surface area contributed by atoms with Gasteiger partial charge in [0.2, 0.25) is 0 Å². The standard InChI is InChI=1S/C26H36N2O2/c1-3-21-13-11-15-23(19-21)25(29)28(18-10-8-6-5-7-9-17-27)26(30)24-16-12-14-22(4-2)20-24/h11-16,19-20H,3-10,17-18,27H2,1-2H3. The molecule has 0 aliphatic rings. The third-order valence-corrected chi connectivity index (χ3v) is 5.49. The number of rotatable bonds is 12. The highest BCUT2D eigenvalue weighted by molar-refractivity contribution is 6.10. The summed E-state index contributed by atoms with van der Waals surface area (Å²) in [5, 5.41) is 0. The zero-order chi connectivity index (χ0) is 21.8. The molecule has 0 aliphatic heterocycles. The quantitative estimate of drug-likeness (QED) is 0.378. The van der Waals surface area contributed by atoms with Crippen LogP contribution in [0.3, 0.4) is 0 Å². The van der Waals surface area contributed by atoms with Gasteiger partial charge in [-0.3, -0.25) is 14.5 Å². The molecule has 0 aromatic heterocycles. The Morgan fingerprint density at radius 1 is 0.733 bits per heavy atom. The second-order valence-electron chi connectivity index (χ2n) is 7.78. The maximum atomic E-state index is 13.3.